The van der Waals surface area contributed by atoms with Gasteiger partial charge in [0.1, 0.15) is 19.3 Å². The molecule has 0 aliphatic carbocycles. The molecule has 0 radical (unpaired) electrons. The summed E-state index contributed by atoms with van der Waals surface area (Å²) in [5.74, 6) is -2.10. The first kappa shape index (κ1) is 13.9. The van der Waals surface area contributed by atoms with Crippen LogP contribution in [0.4, 0.5) is 0 Å². The number of ether oxygens (including phenoxy) is 3. The number of aliphatic carboxylic acids is 1. The highest BCUT2D eigenvalue weighted by atomic mass is 16.7. The number of carboxylic acid groups (broad SMARTS) is 1. The Labute approximate surface area is 99.0 Å². The summed E-state index contributed by atoms with van der Waals surface area (Å²) in [6.07, 6.45) is -0.187. The van der Waals surface area contributed by atoms with Gasteiger partial charge in [-0.1, -0.05) is 0 Å². The average molecular weight is 247 g/mol. The zero-order chi connectivity index (χ0) is 12.9. The Balaban J connectivity index is 2.10. The molecule has 7 nitrogen and oxygen atoms in total. The maximum atomic E-state index is 11.2. The second-order valence-corrected chi connectivity index (χ2v) is 4.14. The van der Waals surface area contributed by atoms with Crippen LogP contribution < -0.4 is 5.32 Å². The summed E-state index contributed by atoms with van der Waals surface area (Å²) in [5, 5.41) is 10.9. The van der Waals surface area contributed by atoms with Crippen molar-refractivity contribution in [1.82, 2.24) is 5.32 Å². The van der Waals surface area contributed by atoms with Crippen LogP contribution in [0.25, 0.3) is 0 Å². The van der Waals surface area contributed by atoms with E-state index in [-0.39, 0.29) is 18.6 Å². The van der Waals surface area contributed by atoms with E-state index >= 15 is 0 Å². The molecule has 0 aromatic carbocycles. The number of amides is 1. The highest BCUT2D eigenvalue weighted by Crippen LogP contribution is 2.21. The van der Waals surface area contributed by atoms with E-state index < -0.39 is 18.4 Å². The van der Waals surface area contributed by atoms with E-state index in [0.29, 0.717) is 13.2 Å². The van der Waals surface area contributed by atoms with Crippen molar-refractivity contribution >= 4 is 11.9 Å². The van der Waals surface area contributed by atoms with Gasteiger partial charge in [-0.25, -0.2) is 4.79 Å². The summed E-state index contributed by atoms with van der Waals surface area (Å²) in [7, 11) is 0. The predicted molar refractivity (Wildman–Crippen MR) is 56.4 cm³/mol. The number of rotatable bonds is 6. The van der Waals surface area contributed by atoms with Crippen LogP contribution in [0.1, 0.15) is 13.8 Å². The molecule has 1 heterocycles. The van der Waals surface area contributed by atoms with Crippen molar-refractivity contribution in [2.24, 2.45) is 0 Å². The molecular weight excluding hydrogens is 230 g/mol. The van der Waals surface area contributed by atoms with Crippen molar-refractivity contribution in [3.05, 3.63) is 0 Å². The van der Waals surface area contributed by atoms with E-state index in [1.807, 2.05) is 0 Å². The lowest BCUT2D eigenvalue weighted by molar-refractivity contribution is -0.145. The normalized spacial score (nSPS) is 22.4. The zero-order valence-electron chi connectivity index (χ0n) is 9.89. The predicted octanol–water partition coefficient (Wildman–Crippen LogP) is -0.645. The van der Waals surface area contributed by atoms with Crippen molar-refractivity contribution in [3.8, 4) is 0 Å². The van der Waals surface area contributed by atoms with Gasteiger partial charge in [-0.05, 0) is 13.8 Å². The average Bonchev–Trinajstić information content (AvgIpc) is 2.55. The summed E-state index contributed by atoms with van der Waals surface area (Å²) < 4.78 is 15.4. The molecular formula is C10H17NO6. The van der Waals surface area contributed by atoms with Gasteiger partial charge in [0.05, 0.1) is 6.61 Å². The van der Waals surface area contributed by atoms with Gasteiger partial charge in [-0.15, -0.1) is 0 Å². The highest BCUT2D eigenvalue weighted by molar-refractivity contribution is 5.77. The number of carboxylic acids is 1. The molecule has 0 spiro atoms. The fourth-order valence-corrected chi connectivity index (χ4v) is 1.37. The minimum atomic E-state index is -1.10. The van der Waals surface area contributed by atoms with E-state index in [1.165, 1.54) is 0 Å². The van der Waals surface area contributed by atoms with Crippen LogP contribution in [0.3, 0.4) is 0 Å². The molecule has 1 rings (SSSR count). The van der Waals surface area contributed by atoms with Crippen molar-refractivity contribution in [3.63, 3.8) is 0 Å². The van der Waals surface area contributed by atoms with Crippen LogP contribution >= 0.6 is 0 Å². The van der Waals surface area contributed by atoms with Crippen LogP contribution in [-0.4, -0.2) is 55.2 Å². The Kier molecular flexibility index (Phi) is 4.86. The lowest BCUT2D eigenvalue weighted by atomic mass is 10.3. The summed E-state index contributed by atoms with van der Waals surface area (Å²) in [6.45, 7) is 3.57. The third-order valence-corrected chi connectivity index (χ3v) is 2.05. The summed E-state index contributed by atoms with van der Waals surface area (Å²) in [6, 6.07) is 0. The first-order chi connectivity index (χ1) is 7.89. The number of carbonyl (C=O) groups is 2. The second-order valence-electron chi connectivity index (χ2n) is 4.14. The van der Waals surface area contributed by atoms with Gasteiger partial charge in [0.15, 0.2) is 5.79 Å². The zero-order valence-corrected chi connectivity index (χ0v) is 9.89. The molecule has 1 atom stereocenters. The monoisotopic (exact) mass is 247 g/mol. The van der Waals surface area contributed by atoms with Gasteiger partial charge in [-0.2, -0.15) is 0 Å². The third kappa shape index (κ3) is 5.62. The van der Waals surface area contributed by atoms with Gasteiger partial charge >= 0.3 is 5.97 Å². The van der Waals surface area contributed by atoms with Gasteiger partial charge in [0.25, 0.3) is 0 Å². The largest absolute Gasteiger partial charge is 0.480 e. The molecule has 2 N–H and O–H groups in total. The number of nitrogens with one attached hydrogen (secondary N) is 1. The minimum Gasteiger partial charge on any atom is -0.480 e. The molecule has 1 aliphatic heterocycles. The Morgan fingerprint density at radius 2 is 2.18 bits per heavy atom. The third-order valence-electron chi connectivity index (χ3n) is 2.05. The Bertz CT molecular complexity index is 291. The van der Waals surface area contributed by atoms with E-state index in [2.05, 4.69) is 10.1 Å². The molecule has 1 unspecified atom stereocenters. The van der Waals surface area contributed by atoms with Crippen LogP contribution in [0.2, 0.25) is 0 Å². The first-order valence-corrected chi connectivity index (χ1v) is 5.27. The molecule has 0 saturated carbocycles. The van der Waals surface area contributed by atoms with E-state index in [0.717, 1.165) is 0 Å². The molecule has 0 bridgehead atoms. The SMILES string of the molecule is CC1(C)OCC(CNC(=O)COCC(=O)O)O1. The van der Waals surface area contributed by atoms with E-state index in [9.17, 15) is 9.59 Å². The standard InChI is InChI=1S/C10H17NO6/c1-10(2)16-4-7(17-10)3-11-8(12)5-15-6-9(13)14/h7H,3-6H2,1-2H3,(H,11,12)(H,13,14). The molecule has 98 valence electrons. The van der Waals surface area contributed by atoms with Gasteiger partial charge in [0.2, 0.25) is 5.91 Å². The van der Waals surface area contributed by atoms with E-state index in [4.69, 9.17) is 14.6 Å². The summed E-state index contributed by atoms with van der Waals surface area (Å²) >= 11 is 0. The molecule has 1 fully saturated rings. The Morgan fingerprint density at radius 3 is 2.71 bits per heavy atom. The summed E-state index contributed by atoms with van der Waals surface area (Å²) in [4.78, 5) is 21.3. The topological polar surface area (TPSA) is 94.1 Å². The van der Waals surface area contributed by atoms with Crippen LogP contribution in [0.5, 0.6) is 0 Å². The fraction of sp³-hybridized carbons (Fsp3) is 0.800. The van der Waals surface area contributed by atoms with E-state index in [1.54, 1.807) is 13.8 Å². The second kappa shape index (κ2) is 5.95. The smallest absolute Gasteiger partial charge is 0.329 e. The van der Waals surface area contributed by atoms with Crippen molar-refractivity contribution < 1.29 is 28.9 Å². The van der Waals surface area contributed by atoms with Gasteiger partial charge in [0, 0.05) is 6.54 Å². The molecule has 0 aromatic rings. The Morgan fingerprint density at radius 1 is 1.47 bits per heavy atom. The van der Waals surface area contributed by atoms with Gasteiger partial charge in [-0.3, -0.25) is 4.79 Å². The minimum absolute atomic E-state index is 0.187. The van der Waals surface area contributed by atoms with Crippen LogP contribution in [0.15, 0.2) is 0 Å². The number of carbonyl (C=O) groups excluding carboxylic acids is 1. The van der Waals surface area contributed by atoms with Crippen molar-refractivity contribution in [1.29, 1.82) is 0 Å². The molecule has 7 heteroatoms. The van der Waals surface area contributed by atoms with Crippen molar-refractivity contribution in [2.75, 3.05) is 26.4 Å². The number of hydrogen-bond donors (Lipinski definition) is 2. The molecule has 1 saturated heterocycles. The molecule has 1 aliphatic rings. The molecule has 0 aromatic heterocycles. The summed E-state index contributed by atoms with van der Waals surface area (Å²) in [5.41, 5.74) is 0. The maximum Gasteiger partial charge on any atom is 0.329 e. The lowest BCUT2D eigenvalue weighted by Crippen LogP contribution is -2.36. The first-order valence-electron chi connectivity index (χ1n) is 5.27. The Hall–Kier alpha value is -1.18. The lowest BCUT2D eigenvalue weighted by Gasteiger charge is -2.17. The highest BCUT2D eigenvalue weighted by Gasteiger charge is 2.32. The van der Waals surface area contributed by atoms with Crippen molar-refractivity contribution in [2.45, 2.75) is 25.7 Å². The quantitative estimate of drug-likeness (QED) is 0.648. The number of hydrogen-bond acceptors (Lipinski definition) is 5. The van der Waals surface area contributed by atoms with Gasteiger partial charge < -0.3 is 24.6 Å². The molecule has 17 heavy (non-hydrogen) atoms. The maximum absolute atomic E-state index is 11.2. The fourth-order valence-electron chi connectivity index (χ4n) is 1.37. The van der Waals surface area contributed by atoms with Crippen LogP contribution in [-0.2, 0) is 23.8 Å². The molecule has 1 amide bonds. The van der Waals surface area contributed by atoms with Crippen LogP contribution in [0, 0.1) is 0 Å².